The van der Waals surface area contributed by atoms with Gasteiger partial charge in [0.2, 0.25) is 10.5 Å². The summed E-state index contributed by atoms with van der Waals surface area (Å²) in [5.74, 6) is -0.520. The third-order valence-electron chi connectivity index (χ3n) is 2.14. The van der Waals surface area contributed by atoms with Gasteiger partial charge >= 0.3 is 5.69 Å². The van der Waals surface area contributed by atoms with Crippen molar-refractivity contribution in [1.82, 2.24) is 14.9 Å². The van der Waals surface area contributed by atoms with Gasteiger partial charge in [0.15, 0.2) is 0 Å². The first-order valence-electron chi connectivity index (χ1n) is 4.82. The lowest BCUT2D eigenvalue weighted by molar-refractivity contribution is -0.385. The largest absolute Gasteiger partial charge is 0.502 e. The van der Waals surface area contributed by atoms with E-state index in [0.717, 1.165) is 6.07 Å². The second-order valence-corrected chi connectivity index (χ2v) is 4.19. The number of halogens is 1. The first-order chi connectivity index (χ1) is 8.99. The fourth-order valence-electron chi connectivity index (χ4n) is 1.29. The highest BCUT2D eigenvalue weighted by molar-refractivity contribution is 7.71. The van der Waals surface area contributed by atoms with Crippen LogP contribution in [0.15, 0.2) is 23.6 Å². The van der Waals surface area contributed by atoms with Gasteiger partial charge in [-0.15, -0.1) is 0 Å². The third-order valence-corrected chi connectivity index (χ3v) is 2.63. The van der Waals surface area contributed by atoms with E-state index < -0.39 is 16.4 Å². The predicted octanol–water partition coefficient (Wildman–Crippen LogP) is 2.09. The van der Waals surface area contributed by atoms with E-state index in [9.17, 15) is 15.2 Å². The molecule has 2 N–H and O–H groups in total. The predicted molar refractivity (Wildman–Crippen MR) is 70.2 cm³/mol. The average molecular weight is 300 g/mol. The number of hydrogen-bond donors (Lipinski definition) is 2. The Balaban J connectivity index is 2.46. The van der Waals surface area contributed by atoms with Crippen LogP contribution in [-0.4, -0.2) is 31.1 Å². The van der Waals surface area contributed by atoms with Gasteiger partial charge in [-0.1, -0.05) is 11.6 Å². The summed E-state index contributed by atoms with van der Waals surface area (Å²) in [6, 6.07) is 2.40. The van der Waals surface area contributed by atoms with Crippen LogP contribution in [-0.2, 0) is 0 Å². The molecular formula is C9H6ClN5O3S. The number of aromatic hydroxyl groups is 1. The molecule has 0 unspecified atom stereocenters. The van der Waals surface area contributed by atoms with Crippen LogP contribution in [0.2, 0.25) is 5.02 Å². The van der Waals surface area contributed by atoms with E-state index in [1.807, 2.05) is 0 Å². The number of aromatic nitrogens is 3. The van der Waals surface area contributed by atoms with Crippen LogP contribution in [0.3, 0.4) is 0 Å². The zero-order valence-electron chi connectivity index (χ0n) is 9.15. The van der Waals surface area contributed by atoms with E-state index >= 15 is 0 Å². The molecule has 0 radical (unpaired) electrons. The van der Waals surface area contributed by atoms with Crippen molar-refractivity contribution in [2.45, 2.75) is 0 Å². The summed E-state index contributed by atoms with van der Waals surface area (Å²) in [4.78, 5) is 9.98. The van der Waals surface area contributed by atoms with Gasteiger partial charge in [0.1, 0.15) is 6.33 Å². The highest BCUT2D eigenvalue weighted by atomic mass is 35.5. The number of H-pyrrole nitrogens is 1. The minimum Gasteiger partial charge on any atom is -0.502 e. The van der Waals surface area contributed by atoms with Crippen molar-refractivity contribution in [1.29, 1.82) is 0 Å². The Morgan fingerprint density at radius 2 is 2.37 bits per heavy atom. The molecule has 1 aromatic carbocycles. The zero-order chi connectivity index (χ0) is 14.0. The maximum atomic E-state index is 10.7. The monoisotopic (exact) mass is 299 g/mol. The minimum atomic E-state index is -0.734. The van der Waals surface area contributed by atoms with Crippen LogP contribution < -0.4 is 0 Å². The van der Waals surface area contributed by atoms with Crippen LogP contribution in [0.4, 0.5) is 5.69 Å². The standard InChI is InChI=1S/C9H6ClN5O3S/c10-6-1-5(8(16)7(2-6)15(17)18)3-12-14-4-11-13-9(14)19/h1-4,16H,(H,13,19)/b12-3+. The molecule has 0 atom stereocenters. The van der Waals surface area contributed by atoms with Crippen molar-refractivity contribution in [3.8, 4) is 5.75 Å². The summed E-state index contributed by atoms with van der Waals surface area (Å²) in [5.41, 5.74) is -0.396. The Kier molecular flexibility index (Phi) is 3.58. The van der Waals surface area contributed by atoms with Gasteiger partial charge in [-0.05, 0) is 18.3 Å². The van der Waals surface area contributed by atoms with E-state index in [1.165, 1.54) is 23.3 Å². The fraction of sp³-hybridized carbons (Fsp3) is 0. The van der Waals surface area contributed by atoms with Crippen LogP contribution in [0.5, 0.6) is 5.75 Å². The van der Waals surface area contributed by atoms with Crippen LogP contribution >= 0.6 is 23.8 Å². The van der Waals surface area contributed by atoms with Crippen molar-refractivity contribution in [2.75, 3.05) is 0 Å². The number of phenolic OH excluding ortho intramolecular Hbond substituents is 1. The fourth-order valence-corrected chi connectivity index (χ4v) is 1.66. The molecule has 0 aliphatic heterocycles. The number of aromatic amines is 1. The van der Waals surface area contributed by atoms with Gasteiger partial charge in [-0.3, -0.25) is 15.2 Å². The van der Waals surface area contributed by atoms with Crippen molar-refractivity contribution < 1.29 is 10.0 Å². The molecule has 1 aromatic heterocycles. The second kappa shape index (κ2) is 5.16. The molecule has 0 bridgehead atoms. The highest BCUT2D eigenvalue weighted by Crippen LogP contribution is 2.32. The normalized spacial score (nSPS) is 11.0. The summed E-state index contributed by atoms with van der Waals surface area (Å²) in [7, 11) is 0. The van der Waals surface area contributed by atoms with Crippen molar-refractivity contribution >= 4 is 35.7 Å². The quantitative estimate of drug-likeness (QED) is 0.390. The Labute approximate surface area is 116 Å². The zero-order valence-corrected chi connectivity index (χ0v) is 10.7. The van der Waals surface area contributed by atoms with Crippen molar-refractivity contribution in [3.63, 3.8) is 0 Å². The number of nitro groups is 1. The van der Waals surface area contributed by atoms with E-state index in [-0.39, 0.29) is 15.4 Å². The van der Waals surface area contributed by atoms with Gasteiger partial charge < -0.3 is 5.11 Å². The molecule has 1 heterocycles. The van der Waals surface area contributed by atoms with E-state index in [4.69, 9.17) is 23.8 Å². The van der Waals surface area contributed by atoms with Gasteiger partial charge in [-0.25, -0.2) is 0 Å². The van der Waals surface area contributed by atoms with Crippen LogP contribution in [0.1, 0.15) is 5.56 Å². The van der Waals surface area contributed by atoms with Crippen molar-refractivity contribution in [2.24, 2.45) is 5.10 Å². The molecule has 0 amide bonds. The van der Waals surface area contributed by atoms with Gasteiger partial charge in [0.25, 0.3) is 0 Å². The molecule has 0 aliphatic carbocycles. The first kappa shape index (κ1) is 13.2. The number of rotatable bonds is 3. The smallest absolute Gasteiger partial charge is 0.312 e. The molecule has 0 saturated carbocycles. The molecule has 10 heteroatoms. The molecule has 2 aromatic rings. The van der Waals surface area contributed by atoms with Gasteiger partial charge in [0, 0.05) is 16.7 Å². The lowest BCUT2D eigenvalue weighted by Gasteiger charge is -2.01. The molecule has 8 nitrogen and oxygen atoms in total. The van der Waals surface area contributed by atoms with Crippen LogP contribution in [0.25, 0.3) is 0 Å². The molecule has 2 rings (SSSR count). The lowest BCUT2D eigenvalue weighted by atomic mass is 10.2. The maximum Gasteiger partial charge on any atom is 0.312 e. The summed E-state index contributed by atoms with van der Waals surface area (Å²) in [6.07, 6.45) is 2.51. The minimum absolute atomic E-state index is 0.0994. The maximum absolute atomic E-state index is 10.7. The molecule has 98 valence electrons. The summed E-state index contributed by atoms with van der Waals surface area (Å²) >= 11 is 10.6. The number of hydrogen-bond acceptors (Lipinski definition) is 6. The van der Waals surface area contributed by atoms with Gasteiger partial charge in [0.05, 0.1) is 11.1 Å². The summed E-state index contributed by atoms with van der Waals surface area (Å²) in [6.45, 7) is 0. The Hall–Kier alpha value is -2.26. The van der Waals surface area contributed by atoms with Gasteiger partial charge in [-0.2, -0.15) is 14.9 Å². The number of nitrogens with one attached hydrogen (secondary N) is 1. The molecule has 0 spiro atoms. The molecule has 0 fully saturated rings. The first-order valence-corrected chi connectivity index (χ1v) is 5.61. The average Bonchev–Trinajstić information content (AvgIpc) is 2.75. The SMILES string of the molecule is O=[N+]([O-])c1cc(Cl)cc(/C=N/n2cn[nH]c2=S)c1O. The Morgan fingerprint density at radius 1 is 1.63 bits per heavy atom. The molecular weight excluding hydrogens is 294 g/mol. The topological polar surface area (TPSA) is 109 Å². The Bertz CT molecular complexity index is 723. The number of benzene rings is 1. The summed E-state index contributed by atoms with van der Waals surface area (Å²) < 4.78 is 1.47. The highest BCUT2D eigenvalue weighted by Gasteiger charge is 2.17. The number of phenols is 1. The third kappa shape index (κ3) is 2.77. The molecule has 0 saturated heterocycles. The molecule has 0 aliphatic rings. The Morgan fingerprint density at radius 3 is 2.95 bits per heavy atom. The lowest BCUT2D eigenvalue weighted by Crippen LogP contribution is -1.94. The van der Waals surface area contributed by atoms with Crippen molar-refractivity contribution in [3.05, 3.63) is 43.9 Å². The van der Waals surface area contributed by atoms with E-state index in [0.29, 0.717) is 0 Å². The number of nitrogens with zero attached hydrogens (tertiary/aromatic N) is 4. The van der Waals surface area contributed by atoms with E-state index in [1.54, 1.807) is 0 Å². The second-order valence-electron chi connectivity index (χ2n) is 3.37. The van der Waals surface area contributed by atoms with E-state index in [2.05, 4.69) is 15.3 Å². The molecule has 19 heavy (non-hydrogen) atoms. The van der Waals surface area contributed by atoms with Crippen LogP contribution in [0, 0.1) is 14.9 Å². The summed E-state index contributed by atoms with van der Waals surface area (Å²) in [5, 5.41) is 30.6. The number of nitro benzene ring substituents is 1.